The normalized spacial score (nSPS) is 2.57. The first kappa shape index (κ1) is 54.6. The third kappa shape index (κ3) is 421. The van der Waals surface area contributed by atoms with Gasteiger partial charge in [0.05, 0.1) is 0 Å². The predicted molar refractivity (Wildman–Crippen MR) is 50.1 cm³/mol. The van der Waals surface area contributed by atoms with Crippen molar-refractivity contribution < 1.29 is 23.8 Å². The van der Waals surface area contributed by atoms with Gasteiger partial charge in [-0.3, -0.25) is 0 Å². The van der Waals surface area contributed by atoms with Gasteiger partial charge in [-0.1, -0.05) is 42.5 Å². The van der Waals surface area contributed by atoms with Gasteiger partial charge in [-0.25, -0.2) is 0 Å². The van der Waals surface area contributed by atoms with Gasteiger partial charge in [0, 0.05) is 0 Å². The average Bonchev–Trinajstić information content (AvgIpc) is 1.96. The SMILES string of the molecule is C.C.C.CCC.O=C=O.O=C=O.[C-]#[O+]. The van der Waals surface area contributed by atoms with Gasteiger partial charge in [-0.05, 0) is 0 Å². The molecule has 0 aromatic heterocycles. The molecule has 0 bridgehead atoms. The van der Waals surface area contributed by atoms with Crippen LogP contribution in [0.4, 0.5) is 0 Å². The summed E-state index contributed by atoms with van der Waals surface area (Å²) >= 11 is 0. The molecule has 5 heteroatoms. The first-order chi connectivity index (χ1) is 5.24. The number of carbonyl (C=O) groups excluding carboxylic acids is 4. The second-order valence-corrected chi connectivity index (χ2v) is 0.874. The zero-order valence-corrected chi connectivity index (χ0v) is 6.25. The van der Waals surface area contributed by atoms with Gasteiger partial charge in [0.15, 0.2) is 0 Å². The quantitative estimate of drug-likeness (QED) is 0.450. The molecule has 0 aliphatic carbocycles. The summed E-state index contributed by atoms with van der Waals surface area (Å²) in [4.78, 5) is 32.5. The Balaban J connectivity index is -0.00000000880. The molecule has 0 heterocycles. The van der Waals surface area contributed by atoms with E-state index in [0.29, 0.717) is 0 Å². The molecule has 0 aromatic rings. The number of hydrogen-bond donors (Lipinski definition) is 0. The van der Waals surface area contributed by atoms with E-state index in [1.54, 1.807) is 0 Å². The molecule has 0 aromatic carbocycles. The van der Waals surface area contributed by atoms with Crippen LogP contribution >= 0.6 is 0 Å². The van der Waals surface area contributed by atoms with E-state index < -0.39 is 0 Å². The van der Waals surface area contributed by atoms with Crippen LogP contribution in [0.3, 0.4) is 0 Å². The molecule has 0 spiro atoms. The molecule has 0 aliphatic rings. The Labute approximate surface area is 86.2 Å². The predicted octanol–water partition coefficient (Wildman–Crippen LogP) is 2.12. The van der Waals surface area contributed by atoms with Crippen molar-refractivity contribution in [2.75, 3.05) is 0 Å². The van der Waals surface area contributed by atoms with Gasteiger partial charge in [-0.15, -0.1) is 0 Å². The van der Waals surface area contributed by atoms with Gasteiger partial charge >= 0.3 is 23.6 Å². The second-order valence-electron chi connectivity index (χ2n) is 0.874. The molecular weight excluding hydrogens is 188 g/mol. The van der Waals surface area contributed by atoms with Crippen molar-refractivity contribution >= 4 is 12.3 Å². The van der Waals surface area contributed by atoms with Crippen molar-refractivity contribution in [1.29, 1.82) is 0 Å². The van der Waals surface area contributed by atoms with Gasteiger partial charge in [0.2, 0.25) is 0 Å². The van der Waals surface area contributed by atoms with Crippen molar-refractivity contribution in [3.8, 4) is 0 Å². The van der Waals surface area contributed by atoms with Crippen LogP contribution in [0.2, 0.25) is 0 Å². The second kappa shape index (κ2) is 564. The molecule has 0 N–H and O–H groups in total. The van der Waals surface area contributed by atoms with Crippen molar-refractivity contribution in [2.24, 2.45) is 0 Å². The van der Waals surface area contributed by atoms with Crippen LogP contribution in [0.1, 0.15) is 42.5 Å². The van der Waals surface area contributed by atoms with E-state index in [0.717, 1.165) is 0 Å². The molecule has 0 radical (unpaired) electrons. The van der Waals surface area contributed by atoms with Crippen LogP contribution in [0.5, 0.6) is 0 Å². The van der Waals surface area contributed by atoms with Crippen LogP contribution < -0.4 is 0 Å². The summed E-state index contributed by atoms with van der Waals surface area (Å²) in [6.07, 6.45) is 1.75. The summed E-state index contributed by atoms with van der Waals surface area (Å²) in [6.45, 7) is 8.75. The summed E-state index contributed by atoms with van der Waals surface area (Å²) < 4.78 is 7.50. The molecule has 0 rings (SSSR count). The minimum absolute atomic E-state index is 0. The molecule has 14 heavy (non-hydrogen) atoms. The molecule has 0 fully saturated rings. The summed E-state index contributed by atoms with van der Waals surface area (Å²) in [7, 11) is 0. The van der Waals surface area contributed by atoms with E-state index in [1.807, 2.05) is 0 Å². The maximum atomic E-state index is 8.12. The number of hydrogen-bond acceptors (Lipinski definition) is 4. The van der Waals surface area contributed by atoms with Crippen LogP contribution in [-0.2, 0) is 23.8 Å². The topological polar surface area (TPSA) is 88.2 Å². The maximum absolute atomic E-state index is 8.12. The Morgan fingerprint density at radius 2 is 0.857 bits per heavy atom. The van der Waals surface area contributed by atoms with Crippen LogP contribution in [0.15, 0.2) is 0 Å². The molecular formula is C9H20O5. The Morgan fingerprint density at radius 3 is 0.857 bits per heavy atom. The Bertz CT molecular complexity index is 104. The summed E-state index contributed by atoms with van der Waals surface area (Å²) in [5.74, 6) is 0. The van der Waals surface area contributed by atoms with E-state index in [4.69, 9.17) is 23.8 Å². The fraction of sp³-hybridized carbons (Fsp3) is 0.667. The van der Waals surface area contributed by atoms with E-state index in [9.17, 15) is 0 Å². The summed E-state index contributed by atoms with van der Waals surface area (Å²) in [5, 5.41) is 0. The molecule has 0 aliphatic heterocycles. The zero-order chi connectivity index (χ0) is 10.1. The Kier molecular flexibility index (Phi) is 2200. The molecule has 0 saturated carbocycles. The van der Waals surface area contributed by atoms with Crippen molar-refractivity contribution in [3.63, 3.8) is 0 Å². The fourth-order valence-corrected chi connectivity index (χ4v) is 0. The van der Waals surface area contributed by atoms with E-state index in [1.165, 1.54) is 6.42 Å². The monoisotopic (exact) mass is 208 g/mol. The van der Waals surface area contributed by atoms with Crippen molar-refractivity contribution in [2.45, 2.75) is 42.5 Å². The molecule has 5 nitrogen and oxygen atoms in total. The summed E-state index contributed by atoms with van der Waals surface area (Å²) in [5.41, 5.74) is 0. The third-order valence-electron chi connectivity index (χ3n) is 0. The summed E-state index contributed by atoms with van der Waals surface area (Å²) in [6, 6.07) is 0. The fourth-order valence-electron chi connectivity index (χ4n) is 0. The van der Waals surface area contributed by atoms with Gasteiger partial charge in [-0.2, -0.15) is 19.2 Å². The van der Waals surface area contributed by atoms with Crippen molar-refractivity contribution in [1.82, 2.24) is 0 Å². The van der Waals surface area contributed by atoms with Crippen LogP contribution in [-0.4, -0.2) is 12.3 Å². The van der Waals surface area contributed by atoms with Crippen LogP contribution in [0.25, 0.3) is 0 Å². The van der Waals surface area contributed by atoms with Gasteiger partial charge < -0.3 is 0 Å². The molecule has 0 atom stereocenters. The van der Waals surface area contributed by atoms with Crippen molar-refractivity contribution in [3.05, 3.63) is 6.65 Å². The minimum atomic E-state index is 0. The first-order valence-corrected chi connectivity index (χ1v) is 2.43. The van der Waals surface area contributed by atoms with E-state index >= 15 is 0 Å². The standard InChI is InChI=1S/C3H8.2CO2.CO.3CH4/c1-3-2;2*2-1-3;1-2;;;/h3H2,1-2H3;;;;3*1H4. The average molecular weight is 208 g/mol. The van der Waals surface area contributed by atoms with Crippen LogP contribution in [0, 0.1) is 6.65 Å². The molecule has 0 unspecified atom stereocenters. The van der Waals surface area contributed by atoms with Gasteiger partial charge in [0.1, 0.15) is 0 Å². The van der Waals surface area contributed by atoms with E-state index in [2.05, 4.69) is 20.5 Å². The third-order valence-corrected chi connectivity index (χ3v) is 0. The Morgan fingerprint density at radius 1 is 0.857 bits per heavy atom. The van der Waals surface area contributed by atoms with Gasteiger partial charge in [0.25, 0.3) is 0 Å². The molecule has 0 amide bonds. The van der Waals surface area contributed by atoms with E-state index in [-0.39, 0.29) is 34.6 Å². The first-order valence-electron chi connectivity index (χ1n) is 2.43. The Hall–Kier alpha value is -1.50. The zero-order valence-electron chi connectivity index (χ0n) is 6.25. The molecule has 0 saturated heterocycles. The molecule has 86 valence electrons. The number of rotatable bonds is 0.